The molecule has 0 spiro atoms. The van der Waals surface area contributed by atoms with Crippen LogP contribution in [0.3, 0.4) is 0 Å². The Hall–Kier alpha value is -1.65. The molecular formula is C9H10F2O3. The van der Waals surface area contributed by atoms with Crippen molar-refractivity contribution in [2.45, 2.75) is 6.43 Å². The number of hydrogen-bond acceptors (Lipinski definition) is 2. The van der Waals surface area contributed by atoms with Crippen molar-refractivity contribution in [1.29, 1.82) is 0 Å². The van der Waals surface area contributed by atoms with E-state index in [1.54, 1.807) is 7.11 Å². The smallest absolute Gasteiger partial charge is 0.371 e. The molecule has 0 aliphatic rings. The average Bonchev–Trinajstić information content (AvgIpc) is 2.20. The molecule has 1 aromatic carbocycles. The summed E-state index contributed by atoms with van der Waals surface area (Å²) in [5, 5.41) is 7.24. The fourth-order valence-corrected chi connectivity index (χ4v) is 0.557. The minimum Gasteiger partial charge on any atom is -0.497 e. The Balaban J connectivity index is 0.000000255. The topological polar surface area (TPSA) is 46.5 Å². The van der Waals surface area contributed by atoms with E-state index in [2.05, 4.69) is 0 Å². The summed E-state index contributed by atoms with van der Waals surface area (Å²) in [4.78, 5) is 8.95. The number of methoxy groups -OCH3 is 1. The minimum absolute atomic E-state index is 0.910. The summed E-state index contributed by atoms with van der Waals surface area (Å²) >= 11 is 0. The molecule has 0 aromatic heterocycles. The van der Waals surface area contributed by atoms with Gasteiger partial charge in [0, 0.05) is 0 Å². The summed E-state index contributed by atoms with van der Waals surface area (Å²) in [6, 6.07) is 9.68. The molecule has 0 radical (unpaired) electrons. The fraction of sp³-hybridized carbons (Fsp3) is 0.222. The third-order valence-corrected chi connectivity index (χ3v) is 1.17. The number of rotatable bonds is 2. The van der Waals surface area contributed by atoms with Crippen LogP contribution in [0, 0.1) is 0 Å². The van der Waals surface area contributed by atoms with E-state index in [4.69, 9.17) is 14.6 Å². The molecule has 0 atom stereocenters. The summed E-state index contributed by atoms with van der Waals surface area (Å²) in [6.07, 6.45) is -3.23. The summed E-state index contributed by atoms with van der Waals surface area (Å²) in [5.74, 6) is -1.16. The van der Waals surface area contributed by atoms with Gasteiger partial charge in [-0.05, 0) is 12.1 Å². The van der Waals surface area contributed by atoms with Gasteiger partial charge in [-0.15, -0.1) is 0 Å². The first-order valence-corrected chi connectivity index (χ1v) is 3.68. The maximum Gasteiger partial charge on any atom is 0.371 e. The van der Waals surface area contributed by atoms with Crippen molar-refractivity contribution in [2.75, 3.05) is 7.11 Å². The van der Waals surface area contributed by atoms with E-state index in [1.165, 1.54) is 0 Å². The number of carboxylic acid groups (broad SMARTS) is 1. The number of benzene rings is 1. The summed E-state index contributed by atoms with van der Waals surface area (Å²) in [5.41, 5.74) is 0. The lowest BCUT2D eigenvalue weighted by Gasteiger charge is -1.93. The number of hydrogen-bond donors (Lipinski definition) is 1. The molecule has 14 heavy (non-hydrogen) atoms. The van der Waals surface area contributed by atoms with Crippen LogP contribution in [0.2, 0.25) is 0 Å². The van der Waals surface area contributed by atoms with E-state index in [9.17, 15) is 8.78 Å². The molecule has 1 N–H and O–H groups in total. The SMILES string of the molecule is COc1ccccc1.O=C(O)C(F)F. The second-order valence-electron chi connectivity index (χ2n) is 2.16. The quantitative estimate of drug-likeness (QED) is 0.801. The number of para-hydroxylation sites is 1. The Morgan fingerprint density at radius 3 is 2.00 bits per heavy atom. The zero-order valence-electron chi connectivity index (χ0n) is 7.48. The van der Waals surface area contributed by atoms with Gasteiger partial charge in [0.1, 0.15) is 5.75 Å². The Morgan fingerprint density at radius 1 is 1.36 bits per heavy atom. The van der Waals surface area contributed by atoms with Gasteiger partial charge in [-0.25, -0.2) is 4.79 Å². The van der Waals surface area contributed by atoms with Gasteiger partial charge >= 0.3 is 12.4 Å². The van der Waals surface area contributed by atoms with Crippen LogP contribution in [0.25, 0.3) is 0 Å². The van der Waals surface area contributed by atoms with Crippen LogP contribution in [-0.4, -0.2) is 24.6 Å². The summed E-state index contributed by atoms with van der Waals surface area (Å²) < 4.78 is 26.0. The molecule has 0 aliphatic heterocycles. The van der Waals surface area contributed by atoms with Crippen LogP contribution >= 0.6 is 0 Å². The number of aliphatic carboxylic acids is 1. The molecular weight excluding hydrogens is 194 g/mol. The highest BCUT2D eigenvalue weighted by Crippen LogP contribution is 2.05. The van der Waals surface area contributed by atoms with Crippen LogP contribution in [0.15, 0.2) is 30.3 Å². The Bertz CT molecular complexity index is 262. The lowest BCUT2D eigenvalue weighted by molar-refractivity contribution is -0.149. The molecule has 0 aliphatic carbocycles. The number of halogens is 2. The molecule has 1 rings (SSSR count). The fourth-order valence-electron chi connectivity index (χ4n) is 0.557. The first-order chi connectivity index (χ1) is 6.57. The number of carboxylic acids is 1. The molecule has 0 saturated heterocycles. The van der Waals surface area contributed by atoms with Crippen molar-refractivity contribution in [3.63, 3.8) is 0 Å². The maximum atomic E-state index is 10.6. The molecule has 0 fully saturated rings. The maximum absolute atomic E-state index is 10.6. The highest BCUT2D eigenvalue weighted by molar-refractivity contribution is 5.70. The second kappa shape index (κ2) is 6.82. The predicted octanol–water partition coefficient (Wildman–Crippen LogP) is 2.03. The molecule has 0 heterocycles. The lowest BCUT2D eigenvalue weighted by Crippen LogP contribution is -2.06. The largest absolute Gasteiger partial charge is 0.497 e. The zero-order valence-corrected chi connectivity index (χ0v) is 7.48. The lowest BCUT2D eigenvalue weighted by atomic mass is 10.3. The predicted molar refractivity (Wildman–Crippen MR) is 46.6 cm³/mol. The molecule has 0 amide bonds. The van der Waals surface area contributed by atoms with E-state index in [0.717, 1.165) is 5.75 Å². The van der Waals surface area contributed by atoms with Crippen LogP contribution in [-0.2, 0) is 4.79 Å². The van der Waals surface area contributed by atoms with E-state index in [0.29, 0.717) is 0 Å². The van der Waals surface area contributed by atoms with Crippen molar-refractivity contribution < 1.29 is 23.4 Å². The highest BCUT2D eigenvalue weighted by atomic mass is 19.3. The first kappa shape index (κ1) is 12.3. The van der Waals surface area contributed by atoms with Crippen LogP contribution in [0.4, 0.5) is 8.78 Å². The molecule has 1 aromatic rings. The van der Waals surface area contributed by atoms with Gasteiger partial charge in [0.05, 0.1) is 7.11 Å². The van der Waals surface area contributed by atoms with Crippen molar-refractivity contribution in [3.8, 4) is 5.75 Å². The number of alkyl halides is 2. The van der Waals surface area contributed by atoms with Gasteiger partial charge in [-0.1, -0.05) is 18.2 Å². The van der Waals surface area contributed by atoms with Gasteiger partial charge < -0.3 is 9.84 Å². The summed E-state index contributed by atoms with van der Waals surface area (Å²) in [6.45, 7) is 0. The molecule has 5 heteroatoms. The van der Waals surface area contributed by atoms with Gasteiger partial charge in [0.15, 0.2) is 0 Å². The van der Waals surface area contributed by atoms with Gasteiger partial charge in [0.2, 0.25) is 0 Å². The molecule has 0 unspecified atom stereocenters. The average molecular weight is 204 g/mol. The molecule has 0 bridgehead atoms. The molecule has 0 saturated carbocycles. The third kappa shape index (κ3) is 5.93. The Kier molecular flexibility index (Phi) is 6.02. The van der Waals surface area contributed by atoms with Crippen LogP contribution in [0.1, 0.15) is 0 Å². The normalized spacial score (nSPS) is 8.86. The minimum atomic E-state index is -3.23. The molecule has 78 valence electrons. The van der Waals surface area contributed by atoms with E-state index >= 15 is 0 Å². The van der Waals surface area contributed by atoms with Crippen molar-refractivity contribution in [2.24, 2.45) is 0 Å². The van der Waals surface area contributed by atoms with Crippen molar-refractivity contribution in [1.82, 2.24) is 0 Å². The van der Waals surface area contributed by atoms with Crippen LogP contribution in [0.5, 0.6) is 5.75 Å². The van der Waals surface area contributed by atoms with E-state index in [1.807, 2.05) is 30.3 Å². The second-order valence-corrected chi connectivity index (χ2v) is 2.16. The number of carbonyl (C=O) groups is 1. The van der Waals surface area contributed by atoms with E-state index in [-0.39, 0.29) is 0 Å². The van der Waals surface area contributed by atoms with Gasteiger partial charge in [0.25, 0.3) is 0 Å². The molecule has 3 nitrogen and oxygen atoms in total. The number of ether oxygens (including phenoxy) is 1. The first-order valence-electron chi connectivity index (χ1n) is 3.68. The Labute approximate surface area is 79.9 Å². The summed E-state index contributed by atoms with van der Waals surface area (Å²) in [7, 11) is 1.66. The highest BCUT2D eigenvalue weighted by Gasteiger charge is 2.10. The van der Waals surface area contributed by atoms with E-state index < -0.39 is 12.4 Å². The van der Waals surface area contributed by atoms with Crippen molar-refractivity contribution in [3.05, 3.63) is 30.3 Å². The standard InChI is InChI=1S/C7H8O.C2H2F2O2/c1-8-7-5-3-2-4-6-7;3-1(4)2(5)6/h2-6H,1H3;1H,(H,5,6). The third-order valence-electron chi connectivity index (χ3n) is 1.17. The monoisotopic (exact) mass is 204 g/mol. The van der Waals surface area contributed by atoms with Crippen LogP contribution < -0.4 is 4.74 Å². The zero-order chi connectivity index (χ0) is 11.0. The van der Waals surface area contributed by atoms with Crippen molar-refractivity contribution >= 4 is 5.97 Å². The van der Waals surface area contributed by atoms with Gasteiger partial charge in [-0.2, -0.15) is 8.78 Å². The van der Waals surface area contributed by atoms with Gasteiger partial charge in [-0.3, -0.25) is 0 Å². The Morgan fingerprint density at radius 2 is 1.79 bits per heavy atom.